The van der Waals surface area contributed by atoms with Crippen molar-refractivity contribution in [1.82, 2.24) is 4.90 Å². The van der Waals surface area contributed by atoms with E-state index in [1.54, 1.807) is 0 Å². The first-order valence-electron chi connectivity index (χ1n) is 5.95. The average Bonchev–Trinajstić information content (AvgIpc) is 2.15. The molecule has 3 atom stereocenters. The van der Waals surface area contributed by atoms with E-state index in [4.69, 9.17) is 4.74 Å². The summed E-state index contributed by atoms with van der Waals surface area (Å²) in [7, 11) is 0. The highest BCUT2D eigenvalue weighted by molar-refractivity contribution is 5.75. The Balaban J connectivity index is 2.51. The zero-order valence-corrected chi connectivity index (χ0v) is 10.3. The fraction of sp³-hybridized carbons (Fsp3) is 0.917. The Labute approximate surface area is 92.8 Å². The van der Waals surface area contributed by atoms with Gasteiger partial charge in [0.2, 0.25) is 0 Å². The van der Waals surface area contributed by atoms with Crippen molar-refractivity contribution < 1.29 is 9.53 Å². The third-order valence-electron chi connectivity index (χ3n) is 3.07. The lowest BCUT2D eigenvalue weighted by Gasteiger charge is -2.37. The molecule has 0 N–H and O–H groups in total. The quantitative estimate of drug-likeness (QED) is 0.671. The Kier molecular flexibility index (Phi) is 4.58. The van der Waals surface area contributed by atoms with Crippen LogP contribution in [-0.4, -0.2) is 36.6 Å². The molecule has 0 aliphatic carbocycles. The van der Waals surface area contributed by atoms with Gasteiger partial charge < -0.3 is 4.74 Å². The molecular formula is C12H23NO2. The molecule has 0 unspecified atom stereocenters. The standard InChI is InChI=1S/C12H23NO2/c1-5-15-12(14)11(4)13-7-9(2)6-10(3)8-13/h9-11H,5-8H2,1-4H3/t9-,10+,11-/m0/s1. The van der Waals surface area contributed by atoms with Crippen molar-refractivity contribution in [2.45, 2.75) is 40.2 Å². The van der Waals surface area contributed by atoms with E-state index in [2.05, 4.69) is 18.7 Å². The molecule has 0 spiro atoms. The number of likely N-dealkylation sites (tertiary alicyclic amines) is 1. The number of rotatable bonds is 3. The molecule has 1 aliphatic rings. The number of nitrogens with zero attached hydrogens (tertiary/aromatic N) is 1. The molecule has 0 saturated carbocycles. The molecule has 0 aromatic carbocycles. The minimum Gasteiger partial charge on any atom is -0.465 e. The van der Waals surface area contributed by atoms with Crippen LogP contribution in [0.3, 0.4) is 0 Å². The largest absolute Gasteiger partial charge is 0.465 e. The van der Waals surface area contributed by atoms with Crippen LogP contribution in [0.5, 0.6) is 0 Å². The Bertz CT molecular complexity index is 208. The number of carbonyl (C=O) groups excluding carboxylic acids is 1. The van der Waals surface area contributed by atoms with E-state index in [9.17, 15) is 4.79 Å². The fourth-order valence-corrected chi connectivity index (χ4v) is 2.44. The van der Waals surface area contributed by atoms with Crippen LogP contribution in [0, 0.1) is 11.8 Å². The van der Waals surface area contributed by atoms with Gasteiger partial charge in [0.25, 0.3) is 0 Å². The van der Waals surface area contributed by atoms with Crippen molar-refractivity contribution in [1.29, 1.82) is 0 Å². The molecule has 1 fully saturated rings. The van der Waals surface area contributed by atoms with Gasteiger partial charge in [-0.2, -0.15) is 0 Å². The molecule has 3 heteroatoms. The smallest absolute Gasteiger partial charge is 0.323 e. The summed E-state index contributed by atoms with van der Waals surface area (Å²) in [6, 6.07) is -0.0878. The highest BCUT2D eigenvalue weighted by Gasteiger charge is 2.29. The highest BCUT2D eigenvalue weighted by atomic mass is 16.5. The van der Waals surface area contributed by atoms with Crippen LogP contribution in [0.15, 0.2) is 0 Å². The fourth-order valence-electron chi connectivity index (χ4n) is 2.44. The molecule has 0 radical (unpaired) electrons. The van der Waals surface area contributed by atoms with Gasteiger partial charge in [-0.15, -0.1) is 0 Å². The van der Waals surface area contributed by atoms with Gasteiger partial charge >= 0.3 is 5.97 Å². The van der Waals surface area contributed by atoms with Crippen molar-refractivity contribution in [3.05, 3.63) is 0 Å². The predicted octanol–water partition coefficient (Wildman–Crippen LogP) is 1.92. The van der Waals surface area contributed by atoms with Gasteiger partial charge in [-0.1, -0.05) is 13.8 Å². The van der Waals surface area contributed by atoms with Crippen molar-refractivity contribution in [2.24, 2.45) is 11.8 Å². The van der Waals surface area contributed by atoms with Gasteiger partial charge in [-0.25, -0.2) is 0 Å². The summed E-state index contributed by atoms with van der Waals surface area (Å²) in [6.07, 6.45) is 1.27. The van der Waals surface area contributed by atoms with Gasteiger partial charge in [0.05, 0.1) is 6.61 Å². The van der Waals surface area contributed by atoms with Crippen LogP contribution in [0.25, 0.3) is 0 Å². The first kappa shape index (κ1) is 12.5. The normalized spacial score (nSPS) is 29.9. The SMILES string of the molecule is CCOC(=O)[C@H](C)N1C[C@H](C)C[C@H](C)C1. The molecule has 1 heterocycles. The minimum absolute atomic E-state index is 0.0844. The molecule has 0 aromatic heterocycles. The Morgan fingerprint density at radius 2 is 1.93 bits per heavy atom. The molecule has 0 bridgehead atoms. The number of piperidine rings is 1. The Morgan fingerprint density at radius 3 is 2.40 bits per heavy atom. The number of esters is 1. The van der Waals surface area contributed by atoms with Crippen LogP contribution in [0.2, 0.25) is 0 Å². The van der Waals surface area contributed by atoms with Crippen LogP contribution in [-0.2, 0) is 9.53 Å². The van der Waals surface area contributed by atoms with Crippen molar-refractivity contribution in [3.8, 4) is 0 Å². The zero-order valence-electron chi connectivity index (χ0n) is 10.3. The Hall–Kier alpha value is -0.570. The van der Waals surface area contributed by atoms with Crippen LogP contribution < -0.4 is 0 Å². The summed E-state index contributed by atoms with van der Waals surface area (Å²) in [6.45, 7) is 10.8. The second kappa shape index (κ2) is 5.50. The maximum Gasteiger partial charge on any atom is 0.323 e. The van der Waals surface area contributed by atoms with E-state index >= 15 is 0 Å². The lowest BCUT2D eigenvalue weighted by atomic mass is 9.91. The summed E-state index contributed by atoms with van der Waals surface area (Å²) in [5.74, 6) is 1.29. The molecular weight excluding hydrogens is 190 g/mol. The second-order valence-electron chi connectivity index (χ2n) is 4.83. The van der Waals surface area contributed by atoms with E-state index in [0.717, 1.165) is 13.1 Å². The third kappa shape index (κ3) is 3.49. The van der Waals surface area contributed by atoms with Crippen LogP contribution >= 0.6 is 0 Å². The molecule has 0 amide bonds. The van der Waals surface area contributed by atoms with Crippen molar-refractivity contribution in [2.75, 3.05) is 19.7 Å². The van der Waals surface area contributed by atoms with Crippen molar-refractivity contribution in [3.63, 3.8) is 0 Å². The van der Waals surface area contributed by atoms with E-state index in [0.29, 0.717) is 18.4 Å². The zero-order chi connectivity index (χ0) is 11.4. The number of ether oxygens (including phenoxy) is 1. The van der Waals surface area contributed by atoms with E-state index in [1.807, 2.05) is 13.8 Å². The van der Waals surface area contributed by atoms with Crippen LogP contribution in [0.1, 0.15) is 34.1 Å². The molecule has 0 aromatic rings. The second-order valence-corrected chi connectivity index (χ2v) is 4.83. The summed E-state index contributed by atoms with van der Waals surface area (Å²) in [5, 5.41) is 0. The molecule has 1 rings (SSSR count). The number of hydrogen-bond donors (Lipinski definition) is 0. The average molecular weight is 213 g/mol. The molecule has 15 heavy (non-hydrogen) atoms. The van der Waals surface area contributed by atoms with Gasteiger partial charge in [0, 0.05) is 13.1 Å². The summed E-state index contributed by atoms with van der Waals surface area (Å²) < 4.78 is 5.05. The lowest BCUT2D eigenvalue weighted by molar-refractivity contribution is -0.149. The molecule has 3 nitrogen and oxygen atoms in total. The summed E-state index contributed by atoms with van der Waals surface area (Å²) >= 11 is 0. The molecule has 1 aliphatic heterocycles. The Morgan fingerprint density at radius 1 is 1.40 bits per heavy atom. The minimum atomic E-state index is -0.0878. The third-order valence-corrected chi connectivity index (χ3v) is 3.07. The predicted molar refractivity (Wildman–Crippen MR) is 60.6 cm³/mol. The summed E-state index contributed by atoms with van der Waals surface area (Å²) in [4.78, 5) is 13.8. The maximum atomic E-state index is 11.6. The van der Waals surface area contributed by atoms with E-state index in [1.165, 1.54) is 6.42 Å². The van der Waals surface area contributed by atoms with Gasteiger partial charge in [-0.3, -0.25) is 9.69 Å². The van der Waals surface area contributed by atoms with E-state index < -0.39 is 0 Å². The van der Waals surface area contributed by atoms with E-state index in [-0.39, 0.29) is 12.0 Å². The van der Waals surface area contributed by atoms with Gasteiger partial charge in [-0.05, 0) is 32.1 Å². The van der Waals surface area contributed by atoms with Crippen molar-refractivity contribution >= 4 is 5.97 Å². The van der Waals surface area contributed by atoms with Gasteiger partial charge in [0.15, 0.2) is 0 Å². The molecule has 1 saturated heterocycles. The lowest BCUT2D eigenvalue weighted by Crippen LogP contribution is -2.47. The topological polar surface area (TPSA) is 29.5 Å². The monoisotopic (exact) mass is 213 g/mol. The maximum absolute atomic E-state index is 11.6. The first-order chi connectivity index (χ1) is 7.04. The van der Waals surface area contributed by atoms with Gasteiger partial charge in [0.1, 0.15) is 6.04 Å². The highest BCUT2D eigenvalue weighted by Crippen LogP contribution is 2.22. The van der Waals surface area contributed by atoms with Crippen LogP contribution in [0.4, 0.5) is 0 Å². The number of hydrogen-bond acceptors (Lipinski definition) is 3. The molecule has 88 valence electrons. The summed E-state index contributed by atoms with van der Waals surface area (Å²) in [5.41, 5.74) is 0. The first-order valence-corrected chi connectivity index (χ1v) is 5.95. The number of carbonyl (C=O) groups is 1.